The van der Waals surface area contributed by atoms with Crippen LogP contribution in [-0.2, 0) is 11.2 Å². The number of hydrogen-bond donors (Lipinski definition) is 2. The first kappa shape index (κ1) is 11.5. The molecule has 0 fully saturated rings. The quantitative estimate of drug-likeness (QED) is 0.771. The zero-order valence-electron chi connectivity index (χ0n) is 8.39. The van der Waals surface area contributed by atoms with Gasteiger partial charge in [0.2, 0.25) is 0 Å². The van der Waals surface area contributed by atoms with Gasteiger partial charge < -0.3 is 10.2 Å². The Morgan fingerprint density at radius 1 is 1.33 bits per heavy atom. The fourth-order valence-corrected chi connectivity index (χ4v) is 1.35. The van der Waals surface area contributed by atoms with Crippen LogP contribution in [0.2, 0.25) is 0 Å². The fraction of sp³-hybridized carbons (Fsp3) is 0.250. The minimum atomic E-state index is -0.795. The van der Waals surface area contributed by atoms with Crippen LogP contribution in [0.4, 0.5) is 0 Å². The summed E-state index contributed by atoms with van der Waals surface area (Å²) >= 11 is 0. The van der Waals surface area contributed by atoms with Gasteiger partial charge in [0.25, 0.3) is 0 Å². The van der Waals surface area contributed by atoms with Gasteiger partial charge in [-0.25, -0.2) is 0 Å². The van der Waals surface area contributed by atoms with Gasteiger partial charge in [-0.1, -0.05) is 36.4 Å². The fourth-order valence-electron chi connectivity index (χ4n) is 1.35. The van der Waals surface area contributed by atoms with Crippen molar-refractivity contribution in [3.8, 4) is 0 Å². The summed E-state index contributed by atoms with van der Waals surface area (Å²) in [5, 5.41) is 17.2. The van der Waals surface area contributed by atoms with Gasteiger partial charge in [0.05, 0.1) is 6.61 Å². The van der Waals surface area contributed by atoms with E-state index in [4.69, 9.17) is 10.2 Å². The molecule has 3 nitrogen and oxygen atoms in total. The molecule has 0 unspecified atom stereocenters. The van der Waals surface area contributed by atoms with E-state index in [2.05, 4.69) is 0 Å². The van der Waals surface area contributed by atoms with Gasteiger partial charge in [-0.2, -0.15) is 0 Å². The van der Waals surface area contributed by atoms with E-state index < -0.39 is 5.97 Å². The van der Waals surface area contributed by atoms with Crippen LogP contribution in [0.5, 0.6) is 0 Å². The Bertz CT molecular complexity index is 356. The van der Waals surface area contributed by atoms with E-state index in [9.17, 15) is 4.79 Å². The molecule has 0 atom stereocenters. The van der Waals surface area contributed by atoms with E-state index in [-0.39, 0.29) is 13.0 Å². The van der Waals surface area contributed by atoms with Gasteiger partial charge in [0.15, 0.2) is 0 Å². The molecule has 0 saturated heterocycles. The number of aryl methyl sites for hydroxylation is 1. The predicted molar refractivity (Wildman–Crippen MR) is 58.5 cm³/mol. The molecule has 1 aromatic rings. The van der Waals surface area contributed by atoms with Crippen molar-refractivity contribution in [3.05, 3.63) is 41.5 Å². The lowest BCUT2D eigenvalue weighted by atomic mass is 10.0. The first-order chi connectivity index (χ1) is 7.24. The number of rotatable bonds is 5. The highest BCUT2D eigenvalue weighted by Crippen LogP contribution is 2.12. The van der Waals surface area contributed by atoms with Gasteiger partial charge in [0, 0.05) is 6.42 Å². The number of hydrogen-bond acceptors (Lipinski definition) is 2. The lowest BCUT2D eigenvalue weighted by molar-refractivity contribution is -0.136. The Kier molecular flexibility index (Phi) is 4.57. The Morgan fingerprint density at radius 2 is 2.07 bits per heavy atom. The van der Waals surface area contributed by atoms with Gasteiger partial charge in [-0.15, -0.1) is 0 Å². The first-order valence-corrected chi connectivity index (χ1v) is 4.81. The van der Waals surface area contributed by atoms with E-state index in [0.717, 1.165) is 11.1 Å². The average molecular weight is 206 g/mol. The highest BCUT2D eigenvalue weighted by atomic mass is 16.4. The smallest absolute Gasteiger partial charge is 0.303 e. The zero-order chi connectivity index (χ0) is 11.1. The lowest BCUT2D eigenvalue weighted by Crippen LogP contribution is -1.98. The molecule has 0 bridgehead atoms. The van der Waals surface area contributed by atoms with Crippen LogP contribution in [0, 0.1) is 0 Å². The molecule has 0 aliphatic carbocycles. The number of benzene rings is 1. The Hall–Kier alpha value is -1.61. The number of carbonyl (C=O) groups is 1. The summed E-state index contributed by atoms with van der Waals surface area (Å²) < 4.78 is 0. The van der Waals surface area contributed by atoms with Crippen LogP contribution >= 0.6 is 0 Å². The van der Waals surface area contributed by atoms with Gasteiger partial charge in [-0.3, -0.25) is 4.79 Å². The molecule has 3 heteroatoms. The maximum atomic E-state index is 10.4. The van der Waals surface area contributed by atoms with Crippen molar-refractivity contribution in [2.45, 2.75) is 12.8 Å². The van der Waals surface area contributed by atoms with Crippen LogP contribution in [0.15, 0.2) is 30.3 Å². The largest absolute Gasteiger partial charge is 0.481 e. The Morgan fingerprint density at radius 3 is 2.73 bits per heavy atom. The molecule has 1 rings (SSSR count). The molecule has 0 aliphatic rings. The lowest BCUT2D eigenvalue weighted by Gasteiger charge is -2.03. The molecule has 0 aromatic heterocycles. The van der Waals surface area contributed by atoms with Crippen LogP contribution < -0.4 is 0 Å². The summed E-state index contributed by atoms with van der Waals surface area (Å²) in [7, 11) is 0. The maximum absolute atomic E-state index is 10.4. The molecule has 0 amide bonds. The standard InChI is InChI=1S/C12H14O3/c13-9-3-6-10-4-1-2-5-11(10)7-8-12(14)15/h1-6,13H,7-9H2,(H,14,15). The second-order valence-electron chi connectivity index (χ2n) is 3.18. The summed E-state index contributed by atoms with van der Waals surface area (Å²) in [6.45, 7) is -0.00668. The highest BCUT2D eigenvalue weighted by molar-refractivity contribution is 5.67. The van der Waals surface area contributed by atoms with Crippen LogP contribution in [0.25, 0.3) is 6.08 Å². The number of aliphatic carboxylic acids is 1. The van der Waals surface area contributed by atoms with Crippen LogP contribution in [0.1, 0.15) is 17.5 Å². The minimum absolute atomic E-state index is 0.00668. The number of carboxylic acids is 1. The Labute approximate surface area is 88.7 Å². The summed E-state index contributed by atoms with van der Waals surface area (Å²) in [6, 6.07) is 7.58. The van der Waals surface area contributed by atoms with E-state index in [1.165, 1.54) is 0 Å². The molecular weight excluding hydrogens is 192 g/mol. The summed E-state index contributed by atoms with van der Waals surface area (Å²) in [5.74, 6) is -0.795. The minimum Gasteiger partial charge on any atom is -0.481 e. The Balaban J connectivity index is 2.76. The topological polar surface area (TPSA) is 57.5 Å². The molecule has 0 saturated carbocycles. The third-order valence-electron chi connectivity index (χ3n) is 2.07. The monoisotopic (exact) mass is 206 g/mol. The van der Waals surface area contributed by atoms with E-state index in [0.29, 0.717) is 6.42 Å². The third kappa shape index (κ3) is 3.95. The van der Waals surface area contributed by atoms with Gasteiger partial charge in [-0.05, 0) is 17.5 Å². The number of carboxylic acid groups (broad SMARTS) is 1. The summed E-state index contributed by atoms with van der Waals surface area (Å²) in [4.78, 5) is 10.4. The predicted octanol–water partition coefficient (Wildman–Crippen LogP) is 1.71. The van der Waals surface area contributed by atoms with Crippen molar-refractivity contribution in [1.82, 2.24) is 0 Å². The van der Waals surface area contributed by atoms with Crippen molar-refractivity contribution in [2.75, 3.05) is 6.61 Å². The molecular formula is C12H14O3. The van der Waals surface area contributed by atoms with E-state index >= 15 is 0 Å². The average Bonchev–Trinajstić information content (AvgIpc) is 2.24. The molecule has 0 spiro atoms. The SMILES string of the molecule is O=C(O)CCc1ccccc1C=CCO. The van der Waals surface area contributed by atoms with Gasteiger partial charge in [0.1, 0.15) is 0 Å². The number of aliphatic hydroxyl groups is 1. The second-order valence-corrected chi connectivity index (χ2v) is 3.18. The molecule has 0 aliphatic heterocycles. The van der Waals surface area contributed by atoms with Crippen LogP contribution in [-0.4, -0.2) is 22.8 Å². The second kappa shape index (κ2) is 5.98. The van der Waals surface area contributed by atoms with Gasteiger partial charge >= 0.3 is 5.97 Å². The van der Waals surface area contributed by atoms with E-state index in [1.807, 2.05) is 24.3 Å². The number of aliphatic hydroxyl groups excluding tert-OH is 1. The highest BCUT2D eigenvalue weighted by Gasteiger charge is 2.01. The van der Waals surface area contributed by atoms with E-state index in [1.54, 1.807) is 12.2 Å². The summed E-state index contributed by atoms with van der Waals surface area (Å²) in [6.07, 6.45) is 4.09. The van der Waals surface area contributed by atoms with Crippen molar-refractivity contribution in [3.63, 3.8) is 0 Å². The third-order valence-corrected chi connectivity index (χ3v) is 2.07. The molecule has 0 radical (unpaired) electrons. The van der Waals surface area contributed by atoms with Crippen molar-refractivity contribution >= 4 is 12.0 Å². The first-order valence-electron chi connectivity index (χ1n) is 4.81. The van der Waals surface area contributed by atoms with Crippen molar-refractivity contribution in [2.24, 2.45) is 0 Å². The molecule has 1 aromatic carbocycles. The zero-order valence-corrected chi connectivity index (χ0v) is 8.39. The van der Waals surface area contributed by atoms with Crippen molar-refractivity contribution in [1.29, 1.82) is 0 Å². The molecule has 0 heterocycles. The summed E-state index contributed by atoms with van der Waals surface area (Å²) in [5.41, 5.74) is 1.96. The molecule has 15 heavy (non-hydrogen) atoms. The maximum Gasteiger partial charge on any atom is 0.303 e. The van der Waals surface area contributed by atoms with Crippen LogP contribution in [0.3, 0.4) is 0 Å². The normalized spacial score (nSPS) is 10.7. The molecule has 2 N–H and O–H groups in total. The van der Waals surface area contributed by atoms with Crippen molar-refractivity contribution < 1.29 is 15.0 Å². The molecule has 80 valence electrons.